The maximum absolute atomic E-state index is 12.5. The maximum atomic E-state index is 12.5. The lowest BCUT2D eigenvalue weighted by molar-refractivity contribution is -0.114. The molecule has 2 aromatic heterocycles. The van der Waals surface area contributed by atoms with Crippen LogP contribution in [0.4, 0.5) is 11.4 Å². The molecule has 0 bridgehead atoms. The van der Waals surface area contributed by atoms with Crippen molar-refractivity contribution in [2.45, 2.75) is 6.42 Å². The minimum Gasteiger partial charge on any atom is -0.373 e. The van der Waals surface area contributed by atoms with Crippen molar-refractivity contribution < 1.29 is 4.79 Å². The van der Waals surface area contributed by atoms with Gasteiger partial charge in [0, 0.05) is 55.2 Å². The first kappa shape index (κ1) is 24.1. The van der Waals surface area contributed by atoms with E-state index in [2.05, 4.69) is 90.0 Å². The van der Waals surface area contributed by atoms with E-state index in [1.807, 2.05) is 6.07 Å². The van der Waals surface area contributed by atoms with Gasteiger partial charge in [-0.05, 0) is 67.5 Å². The predicted octanol–water partition coefficient (Wildman–Crippen LogP) is 5.62. The number of nitrogens with zero attached hydrogens (tertiary/aromatic N) is 4. The van der Waals surface area contributed by atoms with Crippen LogP contribution in [0.15, 0.2) is 67.4 Å². The van der Waals surface area contributed by atoms with Crippen molar-refractivity contribution in [3.8, 4) is 22.4 Å². The van der Waals surface area contributed by atoms with Gasteiger partial charge in [0.05, 0.1) is 10.7 Å². The van der Waals surface area contributed by atoms with Gasteiger partial charge in [-0.1, -0.05) is 42.4 Å². The lowest BCUT2D eigenvalue weighted by Crippen LogP contribution is -2.28. The zero-order valence-corrected chi connectivity index (χ0v) is 21.6. The monoisotopic (exact) mass is 499 g/mol. The van der Waals surface area contributed by atoms with Crippen LogP contribution in [0.3, 0.4) is 0 Å². The standard InChI is InChI=1S/C29H30ClN5O/c1-5-25(36)35-15-13-19-6-7-21(18-24(19)35)26-27-23(30)12-14-31-29(27)32-28(26)20-8-10-22(11-9-20)34(4)17-16-33(2)3/h5-12,14,18H,1,13,15-17H2,2-4H3,(H,31,32). The highest BCUT2D eigenvalue weighted by Crippen LogP contribution is 2.43. The average Bonchev–Trinajstić information content (AvgIpc) is 3.49. The number of nitrogens with one attached hydrogen (secondary N) is 1. The number of anilines is 2. The second-order valence-electron chi connectivity index (χ2n) is 9.45. The van der Waals surface area contributed by atoms with Gasteiger partial charge in [-0.25, -0.2) is 4.98 Å². The summed E-state index contributed by atoms with van der Waals surface area (Å²) in [7, 11) is 6.27. The number of fused-ring (bicyclic) bond motifs is 2. The van der Waals surface area contributed by atoms with Crippen molar-refractivity contribution in [1.82, 2.24) is 14.9 Å². The third-order valence-electron chi connectivity index (χ3n) is 6.83. The van der Waals surface area contributed by atoms with E-state index in [1.54, 1.807) is 11.1 Å². The number of benzene rings is 2. The van der Waals surface area contributed by atoms with Crippen LogP contribution in [0.25, 0.3) is 33.4 Å². The highest BCUT2D eigenvalue weighted by molar-refractivity contribution is 6.36. The van der Waals surface area contributed by atoms with Crippen LogP contribution in [0.1, 0.15) is 5.56 Å². The fourth-order valence-electron chi connectivity index (χ4n) is 4.82. The van der Waals surface area contributed by atoms with E-state index in [0.717, 1.165) is 69.9 Å². The Morgan fingerprint density at radius 1 is 1.11 bits per heavy atom. The third-order valence-corrected chi connectivity index (χ3v) is 7.15. The molecule has 1 aliphatic heterocycles. The molecule has 4 aromatic rings. The summed E-state index contributed by atoms with van der Waals surface area (Å²) in [6, 6.07) is 16.7. The molecule has 0 atom stereocenters. The summed E-state index contributed by atoms with van der Waals surface area (Å²) in [4.78, 5) is 26.8. The summed E-state index contributed by atoms with van der Waals surface area (Å²) in [5.41, 5.74) is 7.94. The lowest BCUT2D eigenvalue weighted by atomic mass is 9.97. The summed E-state index contributed by atoms with van der Waals surface area (Å²) >= 11 is 6.71. The van der Waals surface area contributed by atoms with Crippen molar-refractivity contribution in [1.29, 1.82) is 0 Å². The van der Waals surface area contributed by atoms with Crippen LogP contribution in [-0.4, -0.2) is 61.6 Å². The Morgan fingerprint density at radius 2 is 1.86 bits per heavy atom. The molecule has 184 valence electrons. The maximum Gasteiger partial charge on any atom is 0.250 e. The Kier molecular flexibility index (Phi) is 6.56. The van der Waals surface area contributed by atoms with E-state index < -0.39 is 0 Å². The molecule has 1 amide bonds. The van der Waals surface area contributed by atoms with Crippen LogP contribution in [-0.2, 0) is 11.2 Å². The number of rotatable bonds is 7. The predicted molar refractivity (Wildman–Crippen MR) is 150 cm³/mol. The first-order valence-corrected chi connectivity index (χ1v) is 12.4. The normalized spacial score (nSPS) is 12.9. The molecule has 0 saturated carbocycles. The first-order chi connectivity index (χ1) is 17.4. The smallest absolute Gasteiger partial charge is 0.250 e. The van der Waals surface area contributed by atoms with Crippen LogP contribution in [0, 0.1) is 0 Å². The summed E-state index contributed by atoms with van der Waals surface area (Å²) in [5.74, 6) is -0.0845. The molecule has 6 nitrogen and oxygen atoms in total. The number of aromatic nitrogens is 2. The fourth-order valence-corrected chi connectivity index (χ4v) is 5.06. The second-order valence-corrected chi connectivity index (χ2v) is 9.86. The Labute approximate surface area is 216 Å². The number of H-pyrrole nitrogens is 1. The zero-order valence-electron chi connectivity index (χ0n) is 20.9. The molecule has 0 unspecified atom stereocenters. The number of carbonyl (C=O) groups is 1. The van der Waals surface area contributed by atoms with Gasteiger partial charge in [0.15, 0.2) is 0 Å². The molecule has 1 aliphatic rings. The number of pyridine rings is 1. The molecular formula is C29H30ClN5O. The zero-order chi connectivity index (χ0) is 25.4. The largest absolute Gasteiger partial charge is 0.373 e. The third kappa shape index (κ3) is 4.38. The molecule has 0 aliphatic carbocycles. The molecule has 3 heterocycles. The van der Waals surface area contributed by atoms with Gasteiger partial charge in [0.1, 0.15) is 5.65 Å². The van der Waals surface area contributed by atoms with E-state index in [9.17, 15) is 4.79 Å². The van der Waals surface area contributed by atoms with Gasteiger partial charge >= 0.3 is 0 Å². The fraction of sp³-hybridized carbons (Fsp3) is 0.241. The molecule has 1 N–H and O–H groups in total. The molecule has 0 radical (unpaired) electrons. The van der Waals surface area contributed by atoms with Crippen LogP contribution in [0.2, 0.25) is 5.02 Å². The number of halogens is 1. The van der Waals surface area contributed by atoms with Crippen molar-refractivity contribution in [2.24, 2.45) is 0 Å². The number of hydrogen-bond acceptors (Lipinski definition) is 4. The SMILES string of the molecule is C=CC(=O)N1CCc2ccc(-c3c(-c4ccc(N(C)CCN(C)C)cc4)[nH]c4nccc(Cl)c34)cc21. The van der Waals surface area contributed by atoms with Gasteiger partial charge < -0.3 is 19.7 Å². The average molecular weight is 500 g/mol. The van der Waals surface area contributed by atoms with Gasteiger partial charge in [0.25, 0.3) is 0 Å². The van der Waals surface area contributed by atoms with Crippen LogP contribution < -0.4 is 9.80 Å². The highest BCUT2D eigenvalue weighted by Gasteiger charge is 2.25. The molecule has 2 aromatic carbocycles. The van der Waals surface area contributed by atoms with Crippen molar-refractivity contribution in [3.05, 3.63) is 78.0 Å². The summed E-state index contributed by atoms with van der Waals surface area (Å²) in [6.45, 7) is 6.26. The van der Waals surface area contributed by atoms with Crippen LogP contribution in [0.5, 0.6) is 0 Å². The molecule has 36 heavy (non-hydrogen) atoms. The van der Waals surface area contributed by atoms with Crippen molar-refractivity contribution in [3.63, 3.8) is 0 Å². The van der Waals surface area contributed by atoms with E-state index in [0.29, 0.717) is 11.6 Å². The van der Waals surface area contributed by atoms with Crippen LogP contribution >= 0.6 is 11.6 Å². The second kappa shape index (κ2) is 9.80. The van der Waals surface area contributed by atoms with E-state index in [-0.39, 0.29) is 5.91 Å². The quantitative estimate of drug-likeness (QED) is 0.335. The number of hydrogen-bond donors (Lipinski definition) is 1. The Morgan fingerprint density at radius 3 is 2.58 bits per heavy atom. The molecule has 0 spiro atoms. The topological polar surface area (TPSA) is 55.5 Å². The summed E-state index contributed by atoms with van der Waals surface area (Å²) < 4.78 is 0. The van der Waals surface area contributed by atoms with Gasteiger partial charge in [0.2, 0.25) is 5.91 Å². The van der Waals surface area contributed by atoms with Gasteiger partial charge in [-0.15, -0.1) is 0 Å². The highest BCUT2D eigenvalue weighted by atomic mass is 35.5. The summed E-state index contributed by atoms with van der Waals surface area (Å²) in [6.07, 6.45) is 3.92. The lowest BCUT2D eigenvalue weighted by Gasteiger charge is -2.21. The molecule has 0 saturated heterocycles. The Balaban J connectivity index is 1.61. The minimum atomic E-state index is -0.0845. The molecule has 0 fully saturated rings. The Hall–Kier alpha value is -3.61. The Bertz CT molecular complexity index is 1440. The van der Waals surface area contributed by atoms with Crippen molar-refractivity contribution in [2.75, 3.05) is 50.6 Å². The van der Waals surface area contributed by atoms with E-state index in [4.69, 9.17) is 11.6 Å². The molecular weight excluding hydrogens is 470 g/mol. The van der Waals surface area contributed by atoms with Gasteiger partial charge in [-0.2, -0.15) is 0 Å². The van der Waals surface area contributed by atoms with E-state index in [1.165, 1.54) is 6.08 Å². The minimum absolute atomic E-state index is 0.0845. The number of aromatic amines is 1. The molecule has 7 heteroatoms. The first-order valence-electron chi connectivity index (χ1n) is 12.1. The number of amides is 1. The van der Waals surface area contributed by atoms with E-state index >= 15 is 0 Å². The molecule has 5 rings (SSSR count). The van der Waals surface area contributed by atoms with Crippen molar-refractivity contribution >= 4 is 39.9 Å². The number of likely N-dealkylation sites (N-methyl/N-ethyl adjacent to an activating group) is 2. The summed E-state index contributed by atoms with van der Waals surface area (Å²) in [5, 5.41) is 1.51. The number of carbonyl (C=O) groups excluding carboxylic acids is 1. The van der Waals surface area contributed by atoms with Gasteiger partial charge in [-0.3, -0.25) is 4.79 Å².